The number of hydrogen-bond acceptors (Lipinski definition) is 4. The highest BCUT2D eigenvalue weighted by Gasteiger charge is 2.21. The molecule has 3 nitrogen and oxygen atoms in total. The molecule has 0 bridgehead atoms. The second-order valence-corrected chi connectivity index (χ2v) is 3.71. The SMILES string of the molecule is COC(=O)[C@@H](SC)c1ccccc1N. The van der Waals surface area contributed by atoms with Crippen LogP contribution in [0.2, 0.25) is 0 Å². The molecule has 1 atom stereocenters. The van der Waals surface area contributed by atoms with Crippen molar-refractivity contribution in [1.29, 1.82) is 0 Å². The molecular formula is C10H13NO2S. The molecular weight excluding hydrogens is 198 g/mol. The predicted octanol–water partition coefficient (Wildman–Crippen LogP) is 1.85. The minimum Gasteiger partial charge on any atom is -0.468 e. The predicted molar refractivity (Wildman–Crippen MR) is 59.1 cm³/mol. The maximum Gasteiger partial charge on any atom is 0.323 e. The standard InChI is InChI=1S/C10H13NO2S/c1-13-10(12)9(14-2)7-5-3-4-6-8(7)11/h3-6,9H,11H2,1-2H3/t9-/m0/s1. The lowest BCUT2D eigenvalue weighted by molar-refractivity contribution is -0.140. The van der Waals surface area contributed by atoms with E-state index in [0.29, 0.717) is 5.69 Å². The molecule has 0 aliphatic heterocycles. The number of anilines is 1. The summed E-state index contributed by atoms with van der Waals surface area (Å²) in [5.41, 5.74) is 7.20. The van der Waals surface area contributed by atoms with Crippen LogP contribution in [0.25, 0.3) is 0 Å². The number of benzene rings is 1. The second-order valence-electron chi connectivity index (χ2n) is 2.77. The highest BCUT2D eigenvalue weighted by atomic mass is 32.2. The van der Waals surface area contributed by atoms with E-state index in [2.05, 4.69) is 0 Å². The van der Waals surface area contributed by atoms with E-state index in [0.717, 1.165) is 5.56 Å². The average Bonchev–Trinajstić information content (AvgIpc) is 2.21. The Morgan fingerprint density at radius 1 is 1.50 bits per heavy atom. The Hall–Kier alpha value is -1.16. The van der Waals surface area contributed by atoms with Crippen LogP contribution in [-0.4, -0.2) is 19.3 Å². The van der Waals surface area contributed by atoms with E-state index in [1.54, 1.807) is 6.07 Å². The van der Waals surface area contributed by atoms with E-state index < -0.39 is 0 Å². The molecule has 0 fully saturated rings. The Morgan fingerprint density at radius 2 is 2.14 bits per heavy atom. The van der Waals surface area contributed by atoms with Crippen LogP contribution >= 0.6 is 11.8 Å². The maximum atomic E-state index is 11.4. The number of para-hydroxylation sites is 1. The van der Waals surface area contributed by atoms with Crippen LogP contribution < -0.4 is 5.73 Å². The Morgan fingerprint density at radius 3 is 2.64 bits per heavy atom. The van der Waals surface area contributed by atoms with Gasteiger partial charge in [0, 0.05) is 5.69 Å². The van der Waals surface area contributed by atoms with Gasteiger partial charge in [-0.2, -0.15) is 0 Å². The zero-order valence-electron chi connectivity index (χ0n) is 8.19. The number of rotatable bonds is 3. The largest absolute Gasteiger partial charge is 0.468 e. The first-order valence-corrected chi connectivity index (χ1v) is 5.44. The third-order valence-corrected chi connectivity index (χ3v) is 2.85. The molecule has 4 heteroatoms. The number of esters is 1. The Balaban J connectivity index is 3.01. The van der Waals surface area contributed by atoms with Crippen LogP contribution in [0, 0.1) is 0 Å². The van der Waals surface area contributed by atoms with Crippen LogP contribution in [-0.2, 0) is 9.53 Å². The van der Waals surface area contributed by atoms with E-state index in [1.165, 1.54) is 18.9 Å². The van der Waals surface area contributed by atoms with E-state index in [-0.39, 0.29) is 11.2 Å². The Kier molecular flexibility index (Phi) is 3.83. The van der Waals surface area contributed by atoms with Gasteiger partial charge in [0.1, 0.15) is 5.25 Å². The van der Waals surface area contributed by atoms with Crippen molar-refractivity contribution in [3.8, 4) is 0 Å². The lowest BCUT2D eigenvalue weighted by Crippen LogP contribution is -2.12. The first-order chi connectivity index (χ1) is 6.70. The summed E-state index contributed by atoms with van der Waals surface area (Å²) in [6.45, 7) is 0. The molecule has 0 unspecified atom stereocenters. The molecule has 1 aromatic carbocycles. The molecule has 14 heavy (non-hydrogen) atoms. The van der Waals surface area contributed by atoms with Gasteiger partial charge in [-0.25, -0.2) is 0 Å². The summed E-state index contributed by atoms with van der Waals surface area (Å²) < 4.78 is 4.70. The summed E-state index contributed by atoms with van der Waals surface area (Å²) in [6, 6.07) is 7.32. The average molecular weight is 211 g/mol. The van der Waals surface area contributed by atoms with Crippen LogP contribution in [0.3, 0.4) is 0 Å². The third kappa shape index (κ3) is 2.20. The van der Waals surface area contributed by atoms with Gasteiger partial charge in [0.25, 0.3) is 0 Å². The zero-order valence-corrected chi connectivity index (χ0v) is 9.01. The molecule has 1 aromatic rings. The first-order valence-electron chi connectivity index (χ1n) is 4.15. The fraction of sp³-hybridized carbons (Fsp3) is 0.300. The number of nitrogen functional groups attached to an aromatic ring is 1. The summed E-state index contributed by atoms with van der Waals surface area (Å²) >= 11 is 1.42. The van der Waals surface area contributed by atoms with Crippen LogP contribution in [0.15, 0.2) is 24.3 Å². The number of ether oxygens (including phenoxy) is 1. The first kappa shape index (κ1) is 10.9. The smallest absolute Gasteiger partial charge is 0.323 e. The quantitative estimate of drug-likeness (QED) is 0.612. The molecule has 0 amide bonds. The summed E-state index contributed by atoms with van der Waals surface area (Å²) in [5, 5.41) is -0.332. The lowest BCUT2D eigenvalue weighted by Gasteiger charge is -2.13. The van der Waals surface area contributed by atoms with Crippen LogP contribution in [0.4, 0.5) is 5.69 Å². The van der Waals surface area contributed by atoms with Crippen molar-refractivity contribution in [2.45, 2.75) is 5.25 Å². The second kappa shape index (κ2) is 4.91. The van der Waals surface area contributed by atoms with Gasteiger partial charge in [0.2, 0.25) is 0 Å². The van der Waals surface area contributed by atoms with Gasteiger partial charge < -0.3 is 10.5 Å². The van der Waals surface area contributed by atoms with Crippen molar-refractivity contribution in [1.82, 2.24) is 0 Å². The van der Waals surface area contributed by atoms with Crippen molar-refractivity contribution < 1.29 is 9.53 Å². The Labute approximate surface area is 87.6 Å². The van der Waals surface area contributed by atoms with E-state index >= 15 is 0 Å². The number of nitrogens with two attached hydrogens (primary N) is 1. The van der Waals surface area contributed by atoms with E-state index in [1.807, 2.05) is 24.5 Å². The Bertz CT molecular complexity index is 328. The summed E-state index contributed by atoms with van der Waals surface area (Å²) in [5.74, 6) is -0.268. The van der Waals surface area contributed by atoms with E-state index in [9.17, 15) is 4.79 Å². The van der Waals surface area contributed by atoms with Crippen molar-refractivity contribution in [3.05, 3.63) is 29.8 Å². The van der Waals surface area contributed by atoms with Crippen molar-refractivity contribution in [2.24, 2.45) is 0 Å². The third-order valence-electron chi connectivity index (χ3n) is 1.93. The molecule has 0 spiro atoms. The highest BCUT2D eigenvalue weighted by Crippen LogP contribution is 2.31. The molecule has 2 N–H and O–H groups in total. The van der Waals surface area contributed by atoms with Gasteiger partial charge in [-0.05, 0) is 17.9 Å². The van der Waals surface area contributed by atoms with Gasteiger partial charge in [-0.15, -0.1) is 11.8 Å². The van der Waals surface area contributed by atoms with Gasteiger partial charge in [0.05, 0.1) is 7.11 Å². The number of carbonyl (C=O) groups excluding carboxylic acids is 1. The molecule has 0 aromatic heterocycles. The molecule has 0 heterocycles. The molecule has 1 rings (SSSR count). The lowest BCUT2D eigenvalue weighted by atomic mass is 10.1. The van der Waals surface area contributed by atoms with Crippen molar-refractivity contribution in [2.75, 3.05) is 19.1 Å². The topological polar surface area (TPSA) is 52.3 Å². The minimum absolute atomic E-state index is 0.268. The van der Waals surface area contributed by atoms with Gasteiger partial charge >= 0.3 is 5.97 Å². The van der Waals surface area contributed by atoms with E-state index in [4.69, 9.17) is 10.5 Å². The maximum absolute atomic E-state index is 11.4. The molecule has 0 radical (unpaired) electrons. The fourth-order valence-corrected chi connectivity index (χ4v) is 1.96. The van der Waals surface area contributed by atoms with Gasteiger partial charge in [-0.1, -0.05) is 18.2 Å². The number of hydrogen-bond donors (Lipinski definition) is 1. The zero-order chi connectivity index (χ0) is 10.6. The minimum atomic E-state index is -0.332. The summed E-state index contributed by atoms with van der Waals surface area (Å²) in [7, 11) is 1.38. The number of carbonyl (C=O) groups is 1. The molecule has 76 valence electrons. The normalized spacial score (nSPS) is 12.1. The molecule has 0 aliphatic carbocycles. The number of methoxy groups -OCH3 is 1. The summed E-state index contributed by atoms with van der Waals surface area (Å²) in [6.07, 6.45) is 1.86. The summed E-state index contributed by atoms with van der Waals surface area (Å²) in [4.78, 5) is 11.4. The van der Waals surface area contributed by atoms with Crippen molar-refractivity contribution in [3.63, 3.8) is 0 Å². The van der Waals surface area contributed by atoms with Crippen LogP contribution in [0.1, 0.15) is 10.8 Å². The van der Waals surface area contributed by atoms with Crippen LogP contribution in [0.5, 0.6) is 0 Å². The van der Waals surface area contributed by atoms with Crippen molar-refractivity contribution >= 4 is 23.4 Å². The molecule has 0 saturated heterocycles. The highest BCUT2D eigenvalue weighted by molar-refractivity contribution is 7.99. The number of thioether (sulfide) groups is 1. The monoisotopic (exact) mass is 211 g/mol. The molecule has 0 saturated carbocycles. The molecule has 0 aliphatic rings. The fourth-order valence-electron chi connectivity index (χ4n) is 1.21. The van der Waals surface area contributed by atoms with Gasteiger partial charge in [-0.3, -0.25) is 4.79 Å². The van der Waals surface area contributed by atoms with Gasteiger partial charge in [0.15, 0.2) is 0 Å².